The summed E-state index contributed by atoms with van der Waals surface area (Å²) in [5, 5.41) is 9.32. The number of hydrogen-bond donors (Lipinski definition) is 1. The van der Waals surface area contributed by atoms with Gasteiger partial charge >= 0.3 is 8.45 Å². The van der Waals surface area contributed by atoms with Crippen molar-refractivity contribution in [2.75, 3.05) is 0 Å². The Bertz CT molecular complexity index is 641. The van der Waals surface area contributed by atoms with Crippen LogP contribution in [0.15, 0.2) is 60.7 Å². The van der Waals surface area contributed by atoms with Crippen molar-refractivity contribution in [2.24, 2.45) is 0 Å². The Morgan fingerprint density at radius 3 is 2.23 bits per heavy atom. The van der Waals surface area contributed by atoms with E-state index in [9.17, 15) is 5.26 Å². The molecule has 1 aliphatic rings. The van der Waals surface area contributed by atoms with Crippen LogP contribution in [0.2, 0.25) is 0 Å². The molecule has 1 N–H and O–H groups in total. The van der Waals surface area contributed by atoms with E-state index in [1.54, 1.807) is 9.05 Å². The summed E-state index contributed by atoms with van der Waals surface area (Å²) in [5.74, 6) is 1.43. The van der Waals surface area contributed by atoms with Crippen molar-refractivity contribution < 1.29 is 9.36 Å². The van der Waals surface area contributed by atoms with Crippen LogP contribution in [-0.2, 0) is 0 Å². The van der Waals surface area contributed by atoms with Gasteiger partial charge in [0.15, 0.2) is 6.19 Å². The maximum absolute atomic E-state index is 9.32. The minimum Gasteiger partial charge on any atom is -0.438 e. The number of para-hydroxylation sites is 2. The van der Waals surface area contributed by atoms with E-state index < -0.39 is 8.45 Å². The van der Waals surface area contributed by atoms with Crippen molar-refractivity contribution in [1.82, 2.24) is 13.9 Å². The normalized spacial score (nSPS) is 20.7. The van der Waals surface area contributed by atoms with Crippen LogP contribution in [0.4, 0.5) is 0 Å². The van der Waals surface area contributed by atoms with Crippen molar-refractivity contribution in [1.29, 1.82) is 5.26 Å². The molecule has 0 aliphatic carbocycles. The Hall–Kier alpha value is -1.46. The van der Waals surface area contributed by atoms with Crippen molar-refractivity contribution in [3.05, 3.63) is 60.7 Å². The van der Waals surface area contributed by atoms with Gasteiger partial charge in [0.1, 0.15) is 11.5 Å². The highest BCUT2D eigenvalue weighted by Gasteiger charge is 2.35. The zero-order valence-electron chi connectivity index (χ0n) is 11.4. The molecule has 1 aliphatic heterocycles. The minimum atomic E-state index is -1.35. The standard InChI is InChI=1S/C13H13N4O2P3/c14-11-16-20-15-21-17(18-12-7-3-1-4-8-12)22(16)19-13-9-5-2-6-10-13/h1-10,15,20-21H. The third-order valence-corrected chi connectivity index (χ3v) is 6.91. The molecule has 0 saturated carbocycles. The third-order valence-electron chi connectivity index (χ3n) is 2.60. The SMILES string of the molecule is N#CN1PNPN(Oc2ccccc2)P1Oc1ccccc1. The van der Waals surface area contributed by atoms with Gasteiger partial charge in [-0.3, -0.25) is 0 Å². The fraction of sp³-hybridized carbons (Fsp3) is 0. The molecule has 3 unspecified atom stereocenters. The molecule has 0 spiro atoms. The number of benzene rings is 2. The fourth-order valence-corrected chi connectivity index (χ4v) is 6.33. The maximum atomic E-state index is 9.32. The molecule has 1 fully saturated rings. The van der Waals surface area contributed by atoms with E-state index in [1.165, 1.54) is 0 Å². The topological polar surface area (TPSA) is 60.8 Å². The van der Waals surface area contributed by atoms with Gasteiger partial charge in [0, 0.05) is 0 Å². The Morgan fingerprint density at radius 2 is 1.59 bits per heavy atom. The number of hydrogen-bond acceptors (Lipinski definition) is 6. The first kappa shape index (κ1) is 15.4. The average molecular weight is 350 g/mol. The van der Waals surface area contributed by atoms with E-state index in [1.807, 2.05) is 60.7 Å². The lowest BCUT2D eigenvalue weighted by molar-refractivity contribution is 0.128. The van der Waals surface area contributed by atoms with Crippen molar-refractivity contribution >= 4 is 26.2 Å². The van der Waals surface area contributed by atoms with Gasteiger partial charge in [0.05, 0.1) is 17.8 Å². The number of rotatable bonds is 4. The molecule has 3 rings (SSSR count). The van der Waals surface area contributed by atoms with Gasteiger partial charge in [-0.05, 0) is 28.9 Å². The highest BCUT2D eigenvalue weighted by molar-refractivity contribution is 7.70. The maximum Gasteiger partial charge on any atom is 0.332 e. The van der Waals surface area contributed by atoms with Gasteiger partial charge in [0.2, 0.25) is 0 Å². The molecule has 9 heteroatoms. The number of nitriles is 1. The van der Waals surface area contributed by atoms with E-state index in [-0.39, 0.29) is 17.8 Å². The molecular formula is C13H13N4O2P3. The summed E-state index contributed by atoms with van der Waals surface area (Å²) in [6.45, 7) is 0. The van der Waals surface area contributed by atoms with Crippen LogP contribution in [0.3, 0.4) is 0 Å². The molecule has 2 aromatic rings. The lowest BCUT2D eigenvalue weighted by atomic mass is 10.3. The predicted molar refractivity (Wildman–Crippen MR) is 90.1 cm³/mol. The quantitative estimate of drug-likeness (QED) is 0.665. The Morgan fingerprint density at radius 1 is 0.955 bits per heavy atom. The highest BCUT2D eigenvalue weighted by atomic mass is 31.2. The number of nitrogens with zero attached hydrogens (tertiary/aromatic N) is 3. The summed E-state index contributed by atoms with van der Waals surface area (Å²) in [6.07, 6.45) is 2.16. The van der Waals surface area contributed by atoms with Crippen LogP contribution in [0, 0.1) is 11.5 Å². The summed E-state index contributed by atoms with van der Waals surface area (Å²) < 4.78 is 9.25. The molecule has 0 amide bonds. The van der Waals surface area contributed by atoms with Crippen LogP contribution in [0.1, 0.15) is 0 Å². The second-order valence-electron chi connectivity index (χ2n) is 4.09. The molecule has 2 aromatic carbocycles. The molecule has 112 valence electrons. The van der Waals surface area contributed by atoms with Crippen LogP contribution in [0.25, 0.3) is 0 Å². The lowest BCUT2D eigenvalue weighted by Gasteiger charge is -2.36. The monoisotopic (exact) mass is 350 g/mol. The van der Waals surface area contributed by atoms with E-state index >= 15 is 0 Å². The summed E-state index contributed by atoms with van der Waals surface area (Å²) in [4.78, 5) is 9.04. The first-order valence-electron chi connectivity index (χ1n) is 6.39. The second kappa shape index (κ2) is 7.70. The van der Waals surface area contributed by atoms with Gasteiger partial charge in [0.25, 0.3) is 0 Å². The van der Waals surface area contributed by atoms with E-state index in [0.717, 1.165) is 0 Å². The van der Waals surface area contributed by atoms with Crippen molar-refractivity contribution in [2.45, 2.75) is 0 Å². The number of nitrogens with one attached hydrogen (secondary N) is 1. The van der Waals surface area contributed by atoms with Gasteiger partial charge in [-0.25, -0.2) is 9.30 Å². The molecule has 3 atom stereocenters. The van der Waals surface area contributed by atoms with Crippen molar-refractivity contribution in [3.8, 4) is 17.7 Å². The Balaban J connectivity index is 1.78. The predicted octanol–water partition coefficient (Wildman–Crippen LogP) is 3.99. The Labute approximate surface area is 133 Å². The summed E-state index contributed by atoms with van der Waals surface area (Å²) >= 11 is 0. The molecule has 22 heavy (non-hydrogen) atoms. The minimum absolute atomic E-state index is 0.188. The van der Waals surface area contributed by atoms with Crippen molar-refractivity contribution in [3.63, 3.8) is 0 Å². The fourth-order valence-electron chi connectivity index (χ4n) is 1.65. The van der Waals surface area contributed by atoms with Crippen LogP contribution in [-0.4, -0.2) is 9.05 Å². The Kier molecular flexibility index (Phi) is 5.40. The van der Waals surface area contributed by atoms with Gasteiger partial charge in [-0.1, -0.05) is 36.4 Å². The molecular weight excluding hydrogens is 337 g/mol. The lowest BCUT2D eigenvalue weighted by Crippen LogP contribution is -2.28. The summed E-state index contributed by atoms with van der Waals surface area (Å²) in [7, 11) is -0.941. The highest BCUT2D eigenvalue weighted by Crippen LogP contribution is 2.59. The zero-order chi connectivity index (χ0) is 15.2. The first-order chi connectivity index (χ1) is 10.9. The van der Waals surface area contributed by atoms with Crippen LogP contribution >= 0.6 is 26.2 Å². The second-order valence-corrected chi connectivity index (χ2v) is 8.60. The molecule has 0 aromatic heterocycles. The molecule has 0 radical (unpaired) electrons. The van der Waals surface area contributed by atoms with Crippen LogP contribution in [0.5, 0.6) is 11.5 Å². The summed E-state index contributed by atoms with van der Waals surface area (Å²) in [6, 6.07) is 18.9. The zero-order valence-corrected chi connectivity index (χ0v) is 14.3. The van der Waals surface area contributed by atoms with Gasteiger partial charge in [-0.2, -0.15) is 5.26 Å². The first-order valence-corrected chi connectivity index (χ1v) is 9.45. The molecule has 1 heterocycles. The van der Waals surface area contributed by atoms with Gasteiger partial charge < -0.3 is 9.36 Å². The molecule has 0 bridgehead atoms. The van der Waals surface area contributed by atoms with Gasteiger partial charge in [-0.15, -0.1) is 0 Å². The van der Waals surface area contributed by atoms with Crippen LogP contribution < -0.4 is 14.2 Å². The smallest absolute Gasteiger partial charge is 0.332 e. The third kappa shape index (κ3) is 3.84. The van der Waals surface area contributed by atoms with E-state index in [4.69, 9.17) is 9.36 Å². The van der Waals surface area contributed by atoms with E-state index in [0.29, 0.717) is 11.5 Å². The largest absolute Gasteiger partial charge is 0.438 e. The van der Waals surface area contributed by atoms with E-state index in [2.05, 4.69) is 11.1 Å². The molecule has 6 nitrogen and oxygen atoms in total. The average Bonchev–Trinajstić information content (AvgIpc) is 2.58. The molecule has 1 saturated heterocycles. The summed E-state index contributed by atoms with van der Waals surface area (Å²) in [5.41, 5.74) is 0.